The zero-order chi connectivity index (χ0) is 43.5. The first-order chi connectivity index (χ1) is 29.5. The van der Waals surface area contributed by atoms with Crippen molar-refractivity contribution in [1.29, 1.82) is 0 Å². The minimum atomic E-state index is -0.235. The normalized spacial score (nSPS) is 17.3. The fraction of sp³-hybridized carbons (Fsp3) is 0.417. The van der Waals surface area contributed by atoms with Crippen LogP contribution in [0.1, 0.15) is 96.2 Å². The van der Waals surface area contributed by atoms with Crippen LogP contribution in [0.25, 0.3) is 0 Å². The predicted molar refractivity (Wildman–Crippen MR) is 234 cm³/mol. The maximum absolute atomic E-state index is 11.5. The zero-order valence-corrected chi connectivity index (χ0v) is 36.2. The van der Waals surface area contributed by atoms with Crippen LogP contribution in [-0.2, 0) is 62.6 Å². The lowest BCUT2D eigenvalue weighted by molar-refractivity contribution is -0.148. The lowest BCUT2D eigenvalue weighted by Gasteiger charge is -2.28. The molecule has 4 aromatic carbocycles. The Balaban J connectivity index is 0.000000169. The Kier molecular flexibility index (Phi) is 15.1. The number of carbonyl (C=O) groups is 3. The maximum atomic E-state index is 11.5. The summed E-state index contributed by atoms with van der Waals surface area (Å²) in [4.78, 5) is 41.8. The number of ether oxygens (including phenoxy) is 6. The topological polar surface area (TPSA) is 151 Å². The molecule has 13 heteroatoms. The molecule has 2 unspecified atom stereocenters. The van der Waals surface area contributed by atoms with Gasteiger partial charge in [-0.3, -0.25) is 14.4 Å². The first-order valence-electron chi connectivity index (χ1n) is 20.8. The van der Waals surface area contributed by atoms with E-state index in [1.807, 2.05) is 42.7 Å². The lowest BCUT2D eigenvalue weighted by atomic mass is 9.89. The molecule has 2 atom stereocenters. The Hall–Kier alpha value is -6.24. The van der Waals surface area contributed by atoms with Crippen LogP contribution in [0.3, 0.4) is 0 Å². The molecule has 2 heterocycles. The number of anilines is 1. The van der Waals surface area contributed by atoms with Crippen LogP contribution in [-0.4, -0.2) is 76.0 Å². The van der Waals surface area contributed by atoms with Gasteiger partial charge in [-0.15, -0.1) is 0 Å². The first kappa shape index (κ1) is 44.3. The fourth-order valence-electron chi connectivity index (χ4n) is 8.39. The van der Waals surface area contributed by atoms with Crippen molar-refractivity contribution in [2.75, 3.05) is 47.3 Å². The van der Waals surface area contributed by atoms with Gasteiger partial charge in [-0.25, -0.2) is 4.99 Å². The lowest BCUT2D eigenvalue weighted by Crippen LogP contribution is -2.29. The summed E-state index contributed by atoms with van der Waals surface area (Å²) in [5.41, 5.74) is 16.9. The van der Waals surface area contributed by atoms with Crippen LogP contribution in [0.2, 0.25) is 0 Å². The van der Waals surface area contributed by atoms with Crippen LogP contribution in [0.5, 0.6) is 23.0 Å². The van der Waals surface area contributed by atoms with Crippen LogP contribution < -0.4 is 24.7 Å². The third-order valence-electron chi connectivity index (χ3n) is 11.4. The molecule has 2 aliphatic carbocycles. The number of benzene rings is 4. The van der Waals surface area contributed by atoms with Crippen molar-refractivity contribution in [3.8, 4) is 23.0 Å². The van der Waals surface area contributed by atoms with Gasteiger partial charge in [0.05, 0.1) is 40.5 Å². The molecule has 324 valence electrons. The highest BCUT2D eigenvalue weighted by molar-refractivity contribution is 5.67. The molecule has 4 aliphatic rings. The molecule has 4 aromatic rings. The van der Waals surface area contributed by atoms with Crippen LogP contribution in [0.4, 0.5) is 11.4 Å². The second kappa shape index (κ2) is 20.8. The van der Waals surface area contributed by atoms with Gasteiger partial charge in [0.1, 0.15) is 12.2 Å². The van der Waals surface area contributed by atoms with E-state index in [9.17, 15) is 14.4 Å². The summed E-state index contributed by atoms with van der Waals surface area (Å²) in [6.07, 6.45) is 10.3. The zero-order valence-electron chi connectivity index (χ0n) is 36.2. The van der Waals surface area contributed by atoms with Gasteiger partial charge < -0.3 is 44.0 Å². The van der Waals surface area contributed by atoms with Gasteiger partial charge in [0.2, 0.25) is 6.41 Å². The average Bonchev–Trinajstić information content (AvgIpc) is 3.27. The van der Waals surface area contributed by atoms with E-state index >= 15 is 0 Å². The molecular weight excluding hydrogens is 777 g/mol. The minimum absolute atomic E-state index is 0.102. The summed E-state index contributed by atoms with van der Waals surface area (Å²) in [7, 11) is 6.57. The van der Waals surface area contributed by atoms with E-state index in [4.69, 9.17) is 39.1 Å². The molecule has 0 saturated heterocycles. The van der Waals surface area contributed by atoms with Crippen molar-refractivity contribution in [1.82, 2.24) is 9.80 Å². The largest absolute Gasteiger partial charge is 0.493 e. The molecule has 2 N–H and O–H groups in total. The number of nitrogens with zero attached hydrogens (tertiary/aromatic N) is 3. The number of nitrogen functional groups attached to an aromatic ring is 1. The van der Waals surface area contributed by atoms with E-state index in [1.165, 1.54) is 41.7 Å². The van der Waals surface area contributed by atoms with Gasteiger partial charge in [0.15, 0.2) is 23.0 Å². The molecule has 13 nitrogen and oxygen atoms in total. The summed E-state index contributed by atoms with van der Waals surface area (Å²) < 4.78 is 32.1. The molecule has 0 radical (unpaired) electrons. The molecule has 0 fully saturated rings. The van der Waals surface area contributed by atoms with Crippen molar-refractivity contribution >= 4 is 36.1 Å². The second-order valence-corrected chi connectivity index (χ2v) is 15.6. The third-order valence-corrected chi connectivity index (χ3v) is 11.4. The van der Waals surface area contributed by atoms with Crippen molar-refractivity contribution in [2.24, 2.45) is 4.99 Å². The van der Waals surface area contributed by atoms with Gasteiger partial charge >= 0.3 is 11.9 Å². The molecule has 1 amide bonds. The second-order valence-electron chi connectivity index (χ2n) is 15.6. The molecule has 0 aromatic heterocycles. The van der Waals surface area contributed by atoms with E-state index < -0.39 is 0 Å². The van der Waals surface area contributed by atoms with Crippen molar-refractivity contribution in [3.05, 3.63) is 105 Å². The van der Waals surface area contributed by atoms with Crippen molar-refractivity contribution in [2.45, 2.75) is 90.5 Å². The number of nitrogens with two attached hydrogens (primary N) is 1. The quantitative estimate of drug-likeness (QED) is 0.0579. The molecular formula is C48H58N4O9. The number of hydrogen-bond donors (Lipinski definition) is 1. The SMILES string of the molecule is CC(=O)OC1CCCc2ccc(N)cc21.COc1cc2c(cc1OC)CN(C=Nc1ccc3c(c1)C(OC(C)=O)CCC3)CC2.COc1cc2c(cc1OC)CN(C=O)CC2. The van der Waals surface area contributed by atoms with E-state index in [1.54, 1.807) is 33.3 Å². The predicted octanol–water partition coefficient (Wildman–Crippen LogP) is 7.79. The van der Waals surface area contributed by atoms with Crippen molar-refractivity contribution in [3.63, 3.8) is 0 Å². The van der Waals surface area contributed by atoms with Gasteiger partial charge in [-0.05, 0) is 144 Å². The minimum Gasteiger partial charge on any atom is -0.493 e. The Morgan fingerprint density at radius 1 is 0.607 bits per heavy atom. The Labute approximate surface area is 358 Å². The number of hydrogen-bond acceptors (Lipinski definition) is 11. The van der Waals surface area contributed by atoms with E-state index in [2.05, 4.69) is 29.2 Å². The maximum Gasteiger partial charge on any atom is 0.303 e. The number of amides is 1. The smallest absolute Gasteiger partial charge is 0.303 e. The summed E-state index contributed by atoms with van der Waals surface area (Å²) in [6, 6.07) is 20.1. The summed E-state index contributed by atoms with van der Waals surface area (Å²) >= 11 is 0. The van der Waals surface area contributed by atoms with Gasteiger partial charge in [-0.1, -0.05) is 12.1 Å². The monoisotopic (exact) mass is 834 g/mol. The Morgan fingerprint density at radius 2 is 1.07 bits per heavy atom. The highest BCUT2D eigenvalue weighted by Gasteiger charge is 2.25. The number of methoxy groups -OCH3 is 4. The molecule has 0 spiro atoms. The highest BCUT2D eigenvalue weighted by Crippen LogP contribution is 2.37. The molecule has 0 bridgehead atoms. The van der Waals surface area contributed by atoms with Gasteiger partial charge in [-0.2, -0.15) is 0 Å². The first-order valence-corrected chi connectivity index (χ1v) is 20.8. The number of aliphatic imine (C=N–C) groups is 1. The third kappa shape index (κ3) is 11.3. The number of rotatable bonds is 9. The molecule has 61 heavy (non-hydrogen) atoms. The highest BCUT2D eigenvalue weighted by atomic mass is 16.5. The van der Waals surface area contributed by atoms with Crippen LogP contribution in [0, 0.1) is 0 Å². The summed E-state index contributed by atoms with van der Waals surface area (Å²) in [5, 5.41) is 0. The van der Waals surface area contributed by atoms with Crippen LogP contribution >= 0.6 is 0 Å². The molecule has 0 saturated carbocycles. The van der Waals surface area contributed by atoms with E-state index in [-0.39, 0.29) is 24.1 Å². The van der Waals surface area contributed by atoms with Crippen LogP contribution in [0.15, 0.2) is 65.7 Å². The number of esters is 2. The van der Waals surface area contributed by atoms with Gasteiger partial charge in [0, 0.05) is 45.7 Å². The number of fused-ring (bicyclic) bond motifs is 4. The molecule has 2 aliphatic heterocycles. The van der Waals surface area contributed by atoms with Gasteiger partial charge in [0.25, 0.3) is 0 Å². The fourth-order valence-corrected chi connectivity index (χ4v) is 8.39. The molecule has 8 rings (SSSR count). The van der Waals surface area contributed by atoms with E-state index in [0.717, 1.165) is 123 Å². The number of carbonyl (C=O) groups excluding carboxylic acids is 3. The number of aryl methyl sites for hydroxylation is 2. The summed E-state index contributed by atoms with van der Waals surface area (Å²) in [5.74, 6) is 2.53. The van der Waals surface area contributed by atoms with E-state index in [0.29, 0.717) is 12.3 Å². The average molecular weight is 835 g/mol. The standard InChI is InChI=1S/C24H28N2O4.C12H15NO3.C12H15NO2/c1-16(27)30-22-6-4-5-17-7-8-20(13-21(17)22)25-15-26-10-9-18-11-23(28-2)24(29-3)12-19(18)14-26;1-15-11-5-9-3-4-13(8-14)7-10(9)6-12(11)16-2;1-8(14)15-12-4-2-3-9-5-6-10(13)7-11(9)12/h7-8,11-13,15,22H,4-6,9-10,14H2,1-3H3;5-6,8H,3-4,7H2,1-2H3;5-7,12H,2-4,13H2,1H3. The van der Waals surface area contributed by atoms with Crippen molar-refractivity contribution < 1.29 is 42.8 Å². The Bertz CT molecular complexity index is 2220. The Morgan fingerprint density at radius 3 is 1.56 bits per heavy atom. The summed E-state index contributed by atoms with van der Waals surface area (Å²) in [6.45, 7) is 6.01.